The standard InChI is InChI=1S/C12H15N3.HI/c1-3-4-8-14-12(13)15-11-7-5-6-10(2)9-11;/h5-7,9H,8H2,1-2H3,(H3,13,14,15);1H. The van der Waals surface area contributed by atoms with E-state index in [0.29, 0.717) is 12.5 Å². The minimum absolute atomic E-state index is 0. The summed E-state index contributed by atoms with van der Waals surface area (Å²) in [6.45, 7) is 4.24. The normalized spacial score (nSPS) is 9.75. The first-order chi connectivity index (χ1) is 7.22. The van der Waals surface area contributed by atoms with Crippen molar-refractivity contribution in [2.24, 2.45) is 10.7 Å². The van der Waals surface area contributed by atoms with E-state index >= 15 is 0 Å². The van der Waals surface area contributed by atoms with E-state index in [1.165, 1.54) is 5.56 Å². The van der Waals surface area contributed by atoms with E-state index < -0.39 is 0 Å². The van der Waals surface area contributed by atoms with E-state index in [1.807, 2.05) is 31.2 Å². The Morgan fingerprint density at radius 1 is 1.50 bits per heavy atom. The van der Waals surface area contributed by atoms with Gasteiger partial charge in [-0.05, 0) is 31.5 Å². The number of guanidine groups is 1. The third kappa shape index (κ3) is 5.61. The summed E-state index contributed by atoms with van der Waals surface area (Å²) in [6.07, 6.45) is 0. The molecule has 86 valence electrons. The summed E-state index contributed by atoms with van der Waals surface area (Å²) in [5.41, 5.74) is 7.79. The predicted octanol–water partition coefficient (Wildman–Crippen LogP) is 2.36. The average molecular weight is 329 g/mol. The van der Waals surface area contributed by atoms with Crippen LogP contribution in [0.15, 0.2) is 29.3 Å². The van der Waals surface area contributed by atoms with Crippen molar-refractivity contribution in [2.75, 3.05) is 11.9 Å². The molecule has 0 fully saturated rings. The first-order valence-corrected chi connectivity index (χ1v) is 4.75. The molecule has 0 unspecified atom stereocenters. The molecule has 0 aromatic heterocycles. The van der Waals surface area contributed by atoms with Gasteiger partial charge in [0.05, 0.1) is 0 Å². The molecule has 1 rings (SSSR count). The molecule has 0 aliphatic heterocycles. The van der Waals surface area contributed by atoms with Gasteiger partial charge in [0.15, 0.2) is 5.96 Å². The van der Waals surface area contributed by atoms with E-state index in [1.54, 1.807) is 6.92 Å². The smallest absolute Gasteiger partial charge is 0.194 e. The highest BCUT2D eigenvalue weighted by molar-refractivity contribution is 14.0. The third-order valence-corrected chi connectivity index (χ3v) is 1.80. The van der Waals surface area contributed by atoms with Crippen molar-refractivity contribution in [3.05, 3.63) is 29.8 Å². The number of rotatable bonds is 2. The topological polar surface area (TPSA) is 50.4 Å². The quantitative estimate of drug-likeness (QED) is 0.379. The molecule has 0 heterocycles. The van der Waals surface area contributed by atoms with Gasteiger partial charge in [-0.15, -0.1) is 29.9 Å². The van der Waals surface area contributed by atoms with E-state index in [-0.39, 0.29) is 24.0 Å². The van der Waals surface area contributed by atoms with Crippen LogP contribution in [0.25, 0.3) is 0 Å². The van der Waals surface area contributed by atoms with E-state index in [4.69, 9.17) is 5.73 Å². The Labute approximate surface area is 114 Å². The van der Waals surface area contributed by atoms with Gasteiger partial charge in [0.2, 0.25) is 0 Å². The summed E-state index contributed by atoms with van der Waals surface area (Å²) in [4.78, 5) is 4.05. The summed E-state index contributed by atoms with van der Waals surface area (Å²) >= 11 is 0. The van der Waals surface area contributed by atoms with E-state index in [9.17, 15) is 0 Å². The van der Waals surface area contributed by atoms with Crippen molar-refractivity contribution in [3.63, 3.8) is 0 Å². The molecular formula is C12H16IN3. The maximum atomic E-state index is 5.67. The number of halogens is 1. The number of nitrogens with two attached hydrogens (primary N) is 1. The lowest BCUT2D eigenvalue weighted by Crippen LogP contribution is -2.22. The molecule has 0 spiro atoms. The maximum Gasteiger partial charge on any atom is 0.194 e. The molecule has 0 radical (unpaired) electrons. The summed E-state index contributed by atoms with van der Waals surface area (Å²) in [5.74, 6) is 5.97. The van der Waals surface area contributed by atoms with Gasteiger partial charge in [0.1, 0.15) is 6.54 Å². The van der Waals surface area contributed by atoms with Crippen LogP contribution in [0.3, 0.4) is 0 Å². The van der Waals surface area contributed by atoms with Crippen LogP contribution < -0.4 is 11.1 Å². The monoisotopic (exact) mass is 329 g/mol. The lowest BCUT2D eigenvalue weighted by molar-refractivity contribution is 1.25. The van der Waals surface area contributed by atoms with Crippen LogP contribution >= 0.6 is 24.0 Å². The van der Waals surface area contributed by atoms with E-state index in [0.717, 1.165) is 5.69 Å². The number of aliphatic imine (C=N–C) groups is 1. The third-order valence-electron chi connectivity index (χ3n) is 1.80. The molecular weight excluding hydrogens is 313 g/mol. The number of aryl methyl sites for hydroxylation is 1. The highest BCUT2D eigenvalue weighted by Crippen LogP contribution is 2.08. The molecule has 0 aliphatic carbocycles. The molecule has 1 aromatic carbocycles. The summed E-state index contributed by atoms with van der Waals surface area (Å²) < 4.78 is 0. The minimum atomic E-state index is 0. The molecule has 0 aliphatic rings. The highest BCUT2D eigenvalue weighted by atomic mass is 127. The van der Waals surface area contributed by atoms with Gasteiger partial charge in [-0.25, -0.2) is 4.99 Å². The number of anilines is 1. The molecule has 0 saturated carbocycles. The zero-order chi connectivity index (χ0) is 11.1. The fourth-order valence-corrected chi connectivity index (χ4v) is 1.11. The summed E-state index contributed by atoms with van der Waals surface area (Å²) in [5, 5.41) is 3.00. The largest absolute Gasteiger partial charge is 0.370 e. The molecule has 0 atom stereocenters. The predicted molar refractivity (Wildman–Crippen MR) is 80.2 cm³/mol. The molecule has 4 heteroatoms. The van der Waals surface area contributed by atoms with Crippen LogP contribution in [0.5, 0.6) is 0 Å². The second-order valence-electron chi connectivity index (χ2n) is 3.12. The van der Waals surface area contributed by atoms with Gasteiger partial charge in [-0.1, -0.05) is 18.1 Å². The highest BCUT2D eigenvalue weighted by Gasteiger charge is 1.93. The molecule has 0 bridgehead atoms. The van der Waals surface area contributed by atoms with Crippen LogP contribution in [0.1, 0.15) is 12.5 Å². The van der Waals surface area contributed by atoms with Crippen molar-refractivity contribution >= 4 is 35.6 Å². The Balaban J connectivity index is 0.00000225. The Morgan fingerprint density at radius 2 is 2.25 bits per heavy atom. The zero-order valence-corrected chi connectivity index (χ0v) is 11.8. The van der Waals surface area contributed by atoms with Gasteiger partial charge >= 0.3 is 0 Å². The molecule has 16 heavy (non-hydrogen) atoms. The molecule has 0 saturated heterocycles. The van der Waals surface area contributed by atoms with Crippen LogP contribution in [-0.4, -0.2) is 12.5 Å². The van der Waals surface area contributed by atoms with Gasteiger partial charge in [-0.2, -0.15) is 0 Å². The van der Waals surface area contributed by atoms with Gasteiger partial charge in [-0.3, -0.25) is 0 Å². The molecule has 3 nitrogen and oxygen atoms in total. The van der Waals surface area contributed by atoms with Crippen LogP contribution in [0.4, 0.5) is 5.69 Å². The Hall–Kier alpha value is -1.22. The van der Waals surface area contributed by atoms with Crippen LogP contribution in [0, 0.1) is 18.8 Å². The second kappa shape index (κ2) is 7.99. The number of nitrogens with one attached hydrogen (secondary N) is 1. The SMILES string of the molecule is CC#CCN=C(N)Nc1cccc(C)c1.I. The van der Waals surface area contributed by atoms with Gasteiger partial charge in [0, 0.05) is 5.69 Å². The first kappa shape index (κ1) is 14.8. The van der Waals surface area contributed by atoms with Crippen LogP contribution in [0.2, 0.25) is 0 Å². The number of hydrogen-bond donors (Lipinski definition) is 2. The number of nitrogens with zero attached hydrogens (tertiary/aromatic N) is 1. The Morgan fingerprint density at radius 3 is 2.88 bits per heavy atom. The second-order valence-corrected chi connectivity index (χ2v) is 3.12. The first-order valence-electron chi connectivity index (χ1n) is 4.75. The summed E-state index contributed by atoms with van der Waals surface area (Å²) in [7, 11) is 0. The van der Waals surface area contributed by atoms with Crippen molar-refractivity contribution < 1.29 is 0 Å². The van der Waals surface area contributed by atoms with Crippen molar-refractivity contribution in [1.82, 2.24) is 0 Å². The minimum Gasteiger partial charge on any atom is -0.370 e. The van der Waals surface area contributed by atoms with Crippen molar-refractivity contribution in [2.45, 2.75) is 13.8 Å². The average Bonchev–Trinajstić information content (AvgIpc) is 2.18. The van der Waals surface area contributed by atoms with Crippen molar-refractivity contribution in [3.8, 4) is 11.8 Å². The fourth-order valence-electron chi connectivity index (χ4n) is 1.11. The molecule has 1 aromatic rings. The van der Waals surface area contributed by atoms with Gasteiger partial charge < -0.3 is 11.1 Å². The molecule has 0 amide bonds. The van der Waals surface area contributed by atoms with Crippen molar-refractivity contribution in [1.29, 1.82) is 0 Å². The maximum absolute atomic E-state index is 5.67. The zero-order valence-electron chi connectivity index (χ0n) is 9.45. The van der Waals surface area contributed by atoms with Crippen LogP contribution in [-0.2, 0) is 0 Å². The summed E-state index contributed by atoms with van der Waals surface area (Å²) in [6, 6.07) is 7.95. The lowest BCUT2D eigenvalue weighted by atomic mass is 10.2. The number of benzene rings is 1. The Kier molecular flexibility index (Phi) is 7.38. The van der Waals surface area contributed by atoms with Gasteiger partial charge in [0.25, 0.3) is 0 Å². The number of hydrogen-bond acceptors (Lipinski definition) is 1. The fraction of sp³-hybridized carbons (Fsp3) is 0.250. The van der Waals surface area contributed by atoms with E-state index in [2.05, 4.69) is 22.2 Å². The Bertz CT molecular complexity index is 416. The molecule has 3 N–H and O–H groups in total. The lowest BCUT2D eigenvalue weighted by Gasteiger charge is -2.05.